The van der Waals surface area contributed by atoms with Gasteiger partial charge in [0.2, 0.25) is 5.91 Å². The van der Waals surface area contributed by atoms with Crippen molar-refractivity contribution in [3.05, 3.63) is 54.1 Å². The summed E-state index contributed by atoms with van der Waals surface area (Å²) in [5.41, 5.74) is 0.947. The van der Waals surface area contributed by atoms with Crippen molar-refractivity contribution in [1.82, 2.24) is 14.7 Å². The zero-order valence-corrected chi connectivity index (χ0v) is 12.7. The van der Waals surface area contributed by atoms with Gasteiger partial charge in [-0.3, -0.25) is 9.48 Å². The van der Waals surface area contributed by atoms with Crippen molar-refractivity contribution in [3.8, 4) is 0 Å². The molecule has 4 nitrogen and oxygen atoms in total. The molecule has 1 aliphatic carbocycles. The Labute approximate surface area is 129 Å². The van der Waals surface area contributed by atoms with Gasteiger partial charge in [-0.25, -0.2) is 4.39 Å². The van der Waals surface area contributed by atoms with E-state index in [4.69, 9.17) is 0 Å². The summed E-state index contributed by atoms with van der Waals surface area (Å²) in [6.45, 7) is 3.14. The fraction of sp³-hybridized carbons (Fsp3) is 0.412. The number of rotatable bonds is 6. The predicted octanol–water partition coefficient (Wildman–Crippen LogP) is 3.02. The molecule has 1 aromatic carbocycles. The molecule has 1 aromatic heterocycles. The van der Waals surface area contributed by atoms with Gasteiger partial charge >= 0.3 is 0 Å². The summed E-state index contributed by atoms with van der Waals surface area (Å²) in [5, 5.41) is 4.15. The lowest BCUT2D eigenvalue weighted by atomic mass is 10.1. The molecule has 1 aliphatic rings. The number of halogens is 1. The highest BCUT2D eigenvalue weighted by Crippen LogP contribution is 2.31. The Morgan fingerprint density at radius 3 is 2.73 bits per heavy atom. The Bertz CT molecular complexity index is 620. The topological polar surface area (TPSA) is 38.1 Å². The van der Waals surface area contributed by atoms with E-state index < -0.39 is 0 Å². The lowest BCUT2D eigenvalue weighted by Crippen LogP contribution is -2.37. The second-order valence-corrected chi connectivity index (χ2v) is 5.95. The third-order valence-electron chi connectivity index (χ3n) is 4.05. The summed E-state index contributed by atoms with van der Waals surface area (Å²) in [4.78, 5) is 14.6. The van der Waals surface area contributed by atoms with Gasteiger partial charge in [0.15, 0.2) is 0 Å². The first kappa shape index (κ1) is 14.8. The van der Waals surface area contributed by atoms with Gasteiger partial charge in [-0.15, -0.1) is 0 Å². The molecule has 0 saturated heterocycles. The number of amides is 1. The molecule has 1 fully saturated rings. The second kappa shape index (κ2) is 6.30. The molecule has 2 aromatic rings. The van der Waals surface area contributed by atoms with Crippen LogP contribution in [0.3, 0.4) is 0 Å². The number of carbonyl (C=O) groups is 1. The number of aromatic nitrogens is 2. The van der Waals surface area contributed by atoms with E-state index in [1.165, 1.54) is 25.0 Å². The van der Waals surface area contributed by atoms with E-state index in [2.05, 4.69) is 5.10 Å². The smallest absolute Gasteiger partial charge is 0.247 e. The molecule has 1 atom stereocenters. The van der Waals surface area contributed by atoms with Crippen LogP contribution < -0.4 is 0 Å². The maximum atomic E-state index is 13.0. The average molecular weight is 301 g/mol. The first-order valence-corrected chi connectivity index (χ1v) is 7.66. The number of hydrogen-bond donors (Lipinski definition) is 0. The van der Waals surface area contributed by atoms with E-state index in [0.29, 0.717) is 12.5 Å². The maximum Gasteiger partial charge on any atom is 0.247 e. The van der Waals surface area contributed by atoms with Crippen LogP contribution in [0.1, 0.15) is 31.4 Å². The Hall–Kier alpha value is -2.17. The van der Waals surface area contributed by atoms with E-state index in [9.17, 15) is 9.18 Å². The summed E-state index contributed by atoms with van der Waals surface area (Å²) < 4.78 is 14.7. The normalized spacial score (nSPS) is 15.5. The first-order valence-electron chi connectivity index (χ1n) is 7.66. The Morgan fingerprint density at radius 2 is 2.14 bits per heavy atom. The van der Waals surface area contributed by atoms with Crippen molar-refractivity contribution < 1.29 is 9.18 Å². The molecule has 1 saturated carbocycles. The van der Waals surface area contributed by atoms with E-state index >= 15 is 0 Å². The molecule has 116 valence electrons. The van der Waals surface area contributed by atoms with E-state index in [1.807, 2.05) is 17.9 Å². The minimum atomic E-state index is -0.325. The van der Waals surface area contributed by atoms with Crippen molar-refractivity contribution in [2.24, 2.45) is 5.92 Å². The van der Waals surface area contributed by atoms with Crippen molar-refractivity contribution in [1.29, 1.82) is 0 Å². The van der Waals surface area contributed by atoms with Gasteiger partial charge in [0.05, 0.1) is 0 Å². The number of hydrogen-bond acceptors (Lipinski definition) is 2. The zero-order chi connectivity index (χ0) is 15.5. The highest BCUT2D eigenvalue weighted by Gasteiger charge is 2.29. The zero-order valence-electron chi connectivity index (χ0n) is 12.7. The SMILES string of the molecule is C[C@@H](C(=O)N(Cc1ccc(F)cc1)CC1CC1)n1cccn1. The van der Waals surface area contributed by atoms with Crippen LogP contribution in [0.25, 0.3) is 0 Å². The van der Waals surface area contributed by atoms with E-state index in [0.717, 1.165) is 12.1 Å². The summed E-state index contributed by atoms with van der Waals surface area (Å²) in [6, 6.07) is 7.84. The largest absolute Gasteiger partial charge is 0.336 e. The van der Waals surface area contributed by atoms with Crippen LogP contribution in [-0.4, -0.2) is 27.1 Å². The molecule has 1 amide bonds. The Kier molecular flexibility index (Phi) is 4.22. The van der Waals surface area contributed by atoms with Crippen LogP contribution >= 0.6 is 0 Å². The van der Waals surface area contributed by atoms with Crippen molar-refractivity contribution in [3.63, 3.8) is 0 Å². The van der Waals surface area contributed by atoms with Crippen molar-refractivity contribution >= 4 is 5.91 Å². The second-order valence-electron chi connectivity index (χ2n) is 5.95. The highest BCUT2D eigenvalue weighted by molar-refractivity contribution is 5.80. The van der Waals surface area contributed by atoms with Crippen LogP contribution in [0, 0.1) is 11.7 Å². The molecule has 0 unspecified atom stereocenters. The lowest BCUT2D eigenvalue weighted by molar-refractivity contribution is -0.135. The molecule has 22 heavy (non-hydrogen) atoms. The average Bonchev–Trinajstić information content (AvgIpc) is 3.17. The van der Waals surface area contributed by atoms with Gasteiger partial charge < -0.3 is 4.90 Å². The molecule has 0 aliphatic heterocycles. The van der Waals surface area contributed by atoms with E-state index in [-0.39, 0.29) is 17.8 Å². The molecular weight excluding hydrogens is 281 g/mol. The summed E-state index contributed by atoms with van der Waals surface area (Å²) >= 11 is 0. The van der Waals surface area contributed by atoms with Gasteiger partial charge in [-0.2, -0.15) is 5.10 Å². The fourth-order valence-corrected chi connectivity index (χ4v) is 2.54. The minimum absolute atomic E-state index is 0.0555. The fourth-order valence-electron chi connectivity index (χ4n) is 2.54. The molecule has 0 bridgehead atoms. The van der Waals surface area contributed by atoms with E-state index in [1.54, 1.807) is 29.2 Å². The summed E-state index contributed by atoms with van der Waals surface area (Å²) in [6.07, 6.45) is 5.84. The summed E-state index contributed by atoms with van der Waals surface area (Å²) in [5.74, 6) is 0.405. The monoisotopic (exact) mass is 301 g/mol. The first-order chi connectivity index (χ1) is 10.6. The van der Waals surface area contributed by atoms with Gasteiger partial charge in [0.25, 0.3) is 0 Å². The maximum absolute atomic E-state index is 13.0. The molecule has 1 heterocycles. The predicted molar refractivity (Wildman–Crippen MR) is 81.5 cm³/mol. The molecule has 0 spiro atoms. The quantitative estimate of drug-likeness (QED) is 0.822. The molecule has 0 N–H and O–H groups in total. The molecule has 3 rings (SSSR count). The molecule has 0 radical (unpaired) electrons. The Balaban J connectivity index is 1.73. The van der Waals surface area contributed by atoms with Crippen LogP contribution in [-0.2, 0) is 11.3 Å². The third-order valence-corrected chi connectivity index (χ3v) is 4.05. The van der Waals surface area contributed by atoms with Gasteiger partial charge in [0, 0.05) is 25.5 Å². The Morgan fingerprint density at radius 1 is 1.41 bits per heavy atom. The van der Waals surface area contributed by atoms with Crippen LogP contribution in [0.4, 0.5) is 4.39 Å². The van der Waals surface area contributed by atoms with Gasteiger partial charge in [0.1, 0.15) is 11.9 Å². The molecular formula is C17H20FN3O. The third kappa shape index (κ3) is 3.53. The lowest BCUT2D eigenvalue weighted by Gasteiger charge is -2.26. The highest BCUT2D eigenvalue weighted by atomic mass is 19.1. The van der Waals surface area contributed by atoms with Gasteiger partial charge in [-0.05, 0) is 49.4 Å². The number of nitrogens with zero attached hydrogens (tertiary/aromatic N) is 3. The number of carbonyl (C=O) groups excluding carboxylic acids is 1. The standard InChI is InChI=1S/C17H20FN3O/c1-13(21-10-2-9-19-21)17(22)20(11-14-3-4-14)12-15-5-7-16(18)8-6-15/h2,5-10,13-14H,3-4,11-12H2,1H3/t13-/m0/s1. The minimum Gasteiger partial charge on any atom is -0.336 e. The van der Waals surface area contributed by atoms with Crippen molar-refractivity contribution in [2.75, 3.05) is 6.54 Å². The summed E-state index contributed by atoms with van der Waals surface area (Å²) in [7, 11) is 0. The molecule has 5 heteroatoms. The van der Waals surface area contributed by atoms with Crippen molar-refractivity contribution in [2.45, 2.75) is 32.4 Å². The van der Waals surface area contributed by atoms with Crippen LogP contribution in [0.2, 0.25) is 0 Å². The van der Waals surface area contributed by atoms with Gasteiger partial charge in [-0.1, -0.05) is 12.1 Å². The van der Waals surface area contributed by atoms with Crippen LogP contribution in [0.15, 0.2) is 42.7 Å². The van der Waals surface area contributed by atoms with Crippen LogP contribution in [0.5, 0.6) is 0 Å². The number of benzene rings is 1.